The standard InChI is InChI=1S/C16H15NO/c1-4-16(2,3)17-15(18)14-10-9-12-7-5-6-8-13(12)11-14/h1,5-11H,2-3H3,(H,17,18). The lowest BCUT2D eigenvalue weighted by Gasteiger charge is -2.19. The SMILES string of the molecule is C#CC(C)(C)NC(=O)c1ccc2ccccc2c1. The lowest BCUT2D eigenvalue weighted by molar-refractivity contribution is 0.0930. The van der Waals surface area contributed by atoms with E-state index in [1.165, 1.54) is 0 Å². The number of benzene rings is 2. The third-order valence-electron chi connectivity index (χ3n) is 2.80. The first-order valence-electron chi connectivity index (χ1n) is 5.81. The maximum atomic E-state index is 12.1. The highest BCUT2D eigenvalue weighted by Crippen LogP contribution is 2.16. The Hall–Kier alpha value is -2.27. The van der Waals surface area contributed by atoms with E-state index in [1.54, 1.807) is 13.8 Å². The zero-order valence-electron chi connectivity index (χ0n) is 10.5. The van der Waals surface area contributed by atoms with Crippen LogP contribution in [0, 0.1) is 12.3 Å². The summed E-state index contributed by atoms with van der Waals surface area (Å²) >= 11 is 0. The second-order valence-corrected chi connectivity index (χ2v) is 4.79. The van der Waals surface area contributed by atoms with Crippen LogP contribution < -0.4 is 5.32 Å². The highest BCUT2D eigenvalue weighted by molar-refractivity contribution is 5.99. The van der Waals surface area contributed by atoms with Crippen molar-refractivity contribution in [3.63, 3.8) is 0 Å². The van der Waals surface area contributed by atoms with E-state index in [9.17, 15) is 4.79 Å². The lowest BCUT2D eigenvalue weighted by atomic mass is 10.0. The molecule has 18 heavy (non-hydrogen) atoms. The number of rotatable bonds is 2. The van der Waals surface area contributed by atoms with Gasteiger partial charge in [0.05, 0.1) is 5.54 Å². The molecule has 0 aliphatic carbocycles. The number of nitrogens with one attached hydrogen (secondary N) is 1. The third-order valence-corrected chi connectivity index (χ3v) is 2.80. The first-order valence-corrected chi connectivity index (χ1v) is 5.81. The number of carbonyl (C=O) groups excluding carboxylic acids is 1. The fourth-order valence-electron chi connectivity index (χ4n) is 1.72. The number of fused-ring (bicyclic) bond motifs is 1. The topological polar surface area (TPSA) is 29.1 Å². The van der Waals surface area contributed by atoms with Gasteiger partial charge in [-0.05, 0) is 36.8 Å². The summed E-state index contributed by atoms with van der Waals surface area (Å²) in [5, 5.41) is 4.97. The fourth-order valence-corrected chi connectivity index (χ4v) is 1.72. The van der Waals surface area contributed by atoms with Crippen LogP contribution in [0.2, 0.25) is 0 Å². The normalized spacial score (nSPS) is 10.9. The third kappa shape index (κ3) is 2.52. The summed E-state index contributed by atoms with van der Waals surface area (Å²) in [6, 6.07) is 13.6. The molecule has 0 aliphatic heterocycles. The van der Waals surface area contributed by atoms with Gasteiger partial charge in [-0.3, -0.25) is 4.79 Å². The summed E-state index contributed by atoms with van der Waals surface area (Å²) in [6.45, 7) is 3.60. The van der Waals surface area contributed by atoms with E-state index >= 15 is 0 Å². The van der Waals surface area contributed by atoms with E-state index in [4.69, 9.17) is 6.42 Å². The van der Waals surface area contributed by atoms with E-state index in [0.29, 0.717) is 5.56 Å². The van der Waals surface area contributed by atoms with Gasteiger partial charge in [-0.15, -0.1) is 6.42 Å². The molecule has 2 aromatic carbocycles. The number of terminal acetylenes is 1. The van der Waals surface area contributed by atoms with Crippen molar-refractivity contribution in [3.05, 3.63) is 48.0 Å². The first-order chi connectivity index (χ1) is 8.52. The molecule has 1 amide bonds. The molecule has 0 saturated heterocycles. The molecule has 0 atom stereocenters. The average molecular weight is 237 g/mol. The molecule has 2 heteroatoms. The first kappa shape index (κ1) is 12.2. The number of amides is 1. The van der Waals surface area contributed by atoms with Crippen LogP contribution in [-0.4, -0.2) is 11.4 Å². The van der Waals surface area contributed by atoms with Crippen molar-refractivity contribution in [2.24, 2.45) is 0 Å². The zero-order valence-corrected chi connectivity index (χ0v) is 10.5. The molecule has 0 radical (unpaired) electrons. The molecule has 0 unspecified atom stereocenters. The summed E-state index contributed by atoms with van der Waals surface area (Å²) in [5.41, 5.74) is -0.0139. The molecule has 2 nitrogen and oxygen atoms in total. The van der Waals surface area contributed by atoms with Gasteiger partial charge in [-0.2, -0.15) is 0 Å². The maximum Gasteiger partial charge on any atom is 0.252 e. The molecule has 0 bridgehead atoms. The molecule has 0 saturated carbocycles. The van der Waals surface area contributed by atoms with E-state index in [2.05, 4.69) is 11.2 Å². The van der Waals surface area contributed by atoms with Crippen molar-refractivity contribution >= 4 is 16.7 Å². The van der Waals surface area contributed by atoms with Crippen molar-refractivity contribution in [3.8, 4) is 12.3 Å². The van der Waals surface area contributed by atoms with Gasteiger partial charge in [0.15, 0.2) is 0 Å². The predicted molar refractivity (Wildman–Crippen MR) is 74.3 cm³/mol. The molecule has 1 N–H and O–H groups in total. The zero-order chi connectivity index (χ0) is 13.2. The van der Waals surface area contributed by atoms with Crippen LogP contribution in [0.3, 0.4) is 0 Å². The second kappa shape index (κ2) is 4.54. The predicted octanol–water partition coefficient (Wildman–Crippen LogP) is 2.98. The van der Waals surface area contributed by atoms with Gasteiger partial charge in [0.25, 0.3) is 5.91 Å². The van der Waals surface area contributed by atoms with Crippen LogP contribution in [0.5, 0.6) is 0 Å². The van der Waals surface area contributed by atoms with Gasteiger partial charge in [0.1, 0.15) is 0 Å². The van der Waals surface area contributed by atoms with Crippen molar-refractivity contribution in [2.45, 2.75) is 19.4 Å². The van der Waals surface area contributed by atoms with Crippen LogP contribution in [0.4, 0.5) is 0 Å². The molecule has 2 aromatic rings. The Balaban J connectivity index is 2.32. The highest BCUT2D eigenvalue weighted by atomic mass is 16.1. The van der Waals surface area contributed by atoms with Crippen molar-refractivity contribution in [1.29, 1.82) is 0 Å². The Kier molecular flexibility index (Phi) is 3.08. The molecule has 90 valence electrons. The molecule has 0 aliphatic rings. The van der Waals surface area contributed by atoms with E-state index in [0.717, 1.165) is 10.8 Å². The van der Waals surface area contributed by atoms with Crippen LogP contribution in [0.15, 0.2) is 42.5 Å². The Morgan fingerprint density at radius 2 is 1.83 bits per heavy atom. The molecule has 0 aromatic heterocycles. The summed E-state index contributed by atoms with van der Waals surface area (Å²) in [4.78, 5) is 12.1. The molecular weight excluding hydrogens is 222 g/mol. The van der Waals surface area contributed by atoms with Gasteiger partial charge in [0, 0.05) is 5.56 Å². The van der Waals surface area contributed by atoms with Crippen LogP contribution in [-0.2, 0) is 0 Å². The van der Waals surface area contributed by atoms with Gasteiger partial charge >= 0.3 is 0 Å². The Bertz CT molecular complexity index is 635. The highest BCUT2D eigenvalue weighted by Gasteiger charge is 2.17. The van der Waals surface area contributed by atoms with Gasteiger partial charge in [0.2, 0.25) is 0 Å². The van der Waals surface area contributed by atoms with Crippen LogP contribution in [0.25, 0.3) is 10.8 Å². The fraction of sp³-hybridized carbons (Fsp3) is 0.188. The van der Waals surface area contributed by atoms with Crippen LogP contribution in [0.1, 0.15) is 24.2 Å². The molecule has 0 spiro atoms. The van der Waals surface area contributed by atoms with E-state index in [-0.39, 0.29) is 5.91 Å². The molecule has 0 fully saturated rings. The summed E-state index contributed by atoms with van der Waals surface area (Å²) in [5.74, 6) is 2.40. The molecule has 0 heterocycles. The van der Waals surface area contributed by atoms with Crippen molar-refractivity contribution in [1.82, 2.24) is 5.32 Å². The molecule has 2 rings (SSSR count). The minimum Gasteiger partial charge on any atom is -0.336 e. The minimum atomic E-state index is -0.636. The number of hydrogen-bond donors (Lipinski definition) is 1. The van der Waals surface area contributed by atoms with E-state index in [1.807, 2.05) is 42.5 Å². The second-order valence-electron chi connectivity index (χ2n) is 4.79. The minimum absolute atomic E-state index is 0.149. The van der Waals surface area contributed by atoms with Gasteiger partial charge < -0.3 is 5.32 Å². The summed E-state index contributed by atoms with van der Waals surface area (Å²) in [7, 11) is 0. The van der Waals surface area contributed by atoms with E-state index < -0.39 is 5.54 Å². The monoisotopic (exact) mass is 237 g/mol. The Morgan fingerprint density at radius 3 is 2.50 bits per heavy atom. The van der Waals surface area contributed by atoms with Gasteiger partial charge in [-0.1, -0.05) is 36.3 Å². The number of hydrogen-bond acceptors (Lipinski definition) is 1. The van der Waals surface area contributed by atoms with Crippen LogP contribution >= 0.6 is 0 Å². The lowest BCUT2D eigenvalue weighted by Crippen LogP contribution is -2.42. The maximum absolute atomic E-state index is 12.1. The smallest absolute Gasteiger partial charge is 0.252 e. The summed E-state index contributed by atoms with van der Waals surface area (Å²) in [6.07, 6.45) is 5.36. The average Bonchev–Trinajstić information content (AvgIpc) is 2.37. The molecular formula is C16H15NO. The largest absolute Gasteiger partial charge is 0.336 e. The van der Waals surface area contributed by atoms with Crippen molar-refractivity contribution in [2.75, 3.05) is 0 Å². The van der Waals surface area contributed by atoms with Gasteiger partial charge in [-0.25, -0.2) is 0 Å². The quantitative estimate of drug-likeness (QED) is 0.799. The Labute approximate surface area is 107 Å². The Morgan fingerprint density at radius 1 is 1.17 bits per heavy atom. The summed E-state index contributed by atoms with van der Waals surface area (Å²) < 4.78 is 0. The number of carbonyl (C=O) groups is 1. The van der Waals surface area contributed by atoms with Crippen molar-refractivity contribution < 1.29 is 4.79 Å².